The fourth-order valence-corrected chi connectivity index (χ4v) is 2.36. The number of aliphatic imine (C=N–C) groups is 1. The number of nitrogens with two attached hydrogens (primary N) is 1. The molecular formula is C14H16FN5O. The van der Waals surface area contributed by atoms with Crippen molar-refractivity contribution >= 4 is 23.6 Å². The van der Waals surface area contributed by atoms with Crippen LogP contribution in [0, 0.1) is 0 Å². The number of amides is 1. The van der Waals surface area contributed by atoms with E-state index < -0.39 is 6.17 Å². The van der Waals surface area contributed by atoms with Crippen LogP contribution >= 0.6 is 0 Å². The van der Waals surface area contributed by atoms with E-state index in [9.17, 15) is 9.18 Å². The summed E-state index contributed by atoms with van der Waals surface area (Å²) in [5.74, 6) is 0.526. The number of halogens is 1. The topological polar surface area (TPSA) is 83.6 Å². The lowest BCUT2D eigenvalue weighted by atomic mass is 10.2. The van der Waals surface area contributed by atoms with Crippen molar-refractivity contribution in [2.75, 3.05) is 24.5 Å². The van der Waals surface area contributed by atoms with Gasteiger partial charge in [0.1, 0.15) is 12.0 Å². The summed E-state index contributed by atoms with van der Waals surface area (Å²) in [4.78, 5) is 21.8. The standard InChI is InChI=1S/C14H16FN5O/c15-9-3-4-20(8-9)13-2-1-10(5-18-13)17-6-11-12(16)7-19-14(11)21/h1-2,5-6,9H,3-4,7-8,16H2,(H,19,21)/t9-/m0/s1. The predicted octanol–water partition coefficient (Wildman–Crippen LogP) is 0.675. The second-order valence-corrected chi connectivity index (χ2v) is 5.09. The van der Waals surface area contributed by atoms with Gasteiger partial charge in [-0.05, 0) is 18.6 Å². The Morgan fingerprint density at radius 1 is 1.52 bits per heavy atom. The average molecular weight is 289 g/mol. The van der Waals surface area contributed by atoms with Crippen LogP contribution in [0.15, 0.2) is 34.6 Å². The maximum atomic E-state index is 13.2. The molecule has 7 heteroatoms. The van der Waals surface area contributed by atoms with E-state index in [1.165, 1.54) is 6.21 Å². The van der Waals surface area contributed by atoms with Crippen molar-refractivity contribution in [3.63, 3.8) is 0 Å². The van der Waals surface area contributed by atoms with Crippen LogP contribution in [0.1, 0.15) is 6.42 Å². The molecule has 0 unspecified atom stereocenters. The lowest BCUT2D eigenvalue weighted by Gasteiger charge is -2.15. The van der Waals surface area contributed by atoms with Crippen LogP contribution in [0.4, 0.5) is 15.9 Å². The van der Waals surface area contributed by atoms with Gasteiger partial charge in [0, 0.05) is 18.5 Å². The lowest BCUT2D eigenvalue weighted by molar-refractivity contribution is -0.116. The van der Waals surface area contributed by atoms with Crippen molar-refractivity contribution in [2.45, 2.75) is 12.6 Å². The molecule has 1 atom stereocenters. The summed E-state index contributed by atoms with van der Waals surface area (Å²) in [7, 11) is 0. The van der Waals surface area contributed by atoms with Gasteiger partial charge in [0.25, 0.3) is 5.91 Å². The van der Waals surface area contributed by atoms with E-state index in [1.807, 2.05) is 4.90 Å². The van der Waals surface area contributed by atoms with Crippen LogP contribution in [-0.2, 0) is 4.79 Å². The van der Waals surface area contributed by atoms with Crippen LogP contribution in [0.5, 0.6) is 0 Å². The summed E-state index contributed by atoms with van der Waals surface area (Å²) in [6.07, 6.45) is 2.81. The SMILES string of the molecule is NC1=C(C=Nc2ccc(N3CC[C@H](F)C3)nc2)C(=O)NC1. The van der Waals surface area contributed by atoms with Gasteiger partial charge in [-0.25, -0.2) is 9.37 Å². The second-order valence-electron chi connectivity index (χ2n) is 5.09. The molecule has 0 aliphatic carbocycles. The Labute approximate surface area is 121 Å². The molecule has 3 rings (SSSR count). The van der Waals surface area contributed by atoms with Gasteiger partial charge >= 0.3 is 0 Å². The van der Waals surface area contributed by atoms with Crippen LogP contribution < -0.4 is 16.0 Å². The van der Waals surface area contributed by atoms with Crippen LogP contribution in [0.2, 0.25) is 0 Å². The number of pyridine rings is 1. The lowest BCUT2D eigenvalue weighted by Crippen LogP contribution is -2.20. The Bertz CT molecular complexity index is 610. The van der Waals surface area contributed by atoms with Gasteiger partial charge < -0.3 is 16.0 Å². The molecule has 110 valence electrons. The maximum absolute atomic E-state index is 13.2. The minimum Gasteiger partial charge on any atom is -0.400 e. The summed E-state index contributed by atoms with van der Waals surface area (Å²) in [6, 6.07) is 3.59. The number of carbonyl (C=O) groups excluding carboxylic acids is 1. The monoisotopic (exact) mass is 289 g/mol. The quantitative estimate of drug-likeness (QED) is 0.801. The Morgan fingerprint density at radius 2 is 2.38 bits per heavy atom. The summed E-state index contributed by atoms with van der Waals surface area (Å²) in [5.41, 5.74) is 7.19. The smallest absolute Gasteiger partial charge is 0.254 e. The minimum absolute atomic E-state index is 0.216. The fraction of sp³-hybridized carbons (Fsp3) is 0.357. The summed E-state index contributed by atoms with van der Waals surface area (Å²) in [6.45, 7) is 1.43. The summed E-state index contributed by atoms with van der Waals surface area (Å²) >= 11 is 0. The van der Waals surface area contributed by atoms with E-state index in [2.05, 4.69) is 15.3 Å². The number of hydrogen-bond donors (Lipinski definition) is 2. The molecule has 2 aliphatic heterocycles. The van der Waals surface area contributed by atoms with E-state index >= 15 is 0 Å². The molecule has 3 N–H and O–H groups in total. The Kier molecular flexibility index (Phi) is 3.55. The van der Waals surface area contributed by atoms with Gasteiger partial charge in [-0.3, -0.25) is 9.79 Å². The van der Waals surface area contributed by atoms with E-state index in [0.717, 1.165) is 5.82 Å². The molecule has 1 saturated heterocycles. The Balaban J connectivity index is 1.70. The average Bonchev–Trinajstić information content (AvgIpc) is 3.05. The minimum atomic E-state index is -0.778. The van der Waals surface area contributed by atoms with Gasteiger partial charge in [0.2, 0.25) is 0 Å². The number of alkyl halides is 1. The Morgan fingerprint density at radius 3 is 2.95 bits per heavy atom. The fourth-order valence-electron chi connectivity index (χ4n) is 2.36. The highest BCUT2D eigenvalue weighted by Gasteiger charge is 2.22. The first kappa shape index (κ1) is 13.5. The normalized spacial score (nSPS) is 22.4. The van der Waals surface area contributed by atoms with E-state index in [1.54, 1.807) is 18.3 Å². The van der Waals surface area contributed by atoms with Crippen LogP contribution in [0.25, 0.3) is 0 Å². The van der Waals surface area contributed by atoms with Gasteiger partial charge in [0.15, 0.2) is 0 Å². The predicted molar refractivity (Wildman–Crippen MR) is 78.3 cm³/mol. The highest BCUT2D eigenvalue weighted by Crippen LogP contribution is 2.22. The maximum Gasteiger partial charge on any atom is 0.254 e. The first-order chi connectivity index (χ1) is 10.1. The molecule has 1 aromatic heterocycles. The molecule has 1 amide bonds. The number of hydrogen-bond acceptors (Lipinski definition) is 5. The van der Waals surface area contributed by atoms with E-state index in [-0.39, 0.29) is 5.91 Å². The van der Waals surface area contributed by atoms with Crippen molar-refractivity contribution in [1.82, 2.24) is 10.3 Å². The van der Waals surface area contributed by atoms with Crippen LogP contribution in [0.3, 0.4) is 0 Å². The van der Waals surface area contributed by atoms with E-state index in [4.69, 9.17) is 5.73 Å². The number of anilines is 1. The van der Waals surface area contributed by atoms with Crippen molar-refractivity contribution < 1.29 is 9.18 Å². The molecule has 1 aromatic rings. The third kappa shape index (κ3) is 2.86. The number of nitrogens with one attached hydrogen (secondary N) is 1. The molecule has 6 nitrogen and oxygen atoms in total. The summed E-state index contributed by atoms with van der Waals surface area (Å²) < 4.78 is 13.2. The molecular weight excluding hydrogens is 273 g/mol. The van der Waals surface area contributed by atoms with Gasteiger partial charge in [-0.1, -0.05) is 0 Å². The first-order valence-corrected chi connectivity index (χ1v) is 6.79. The zero-order valence-electron chi connectivity index (χ0n) is 11.4. The molecule has 3 heterocycles. The van der Waals surface area contributed by atoms with Crippen molar-refractivity contribution in [3.8, 4) is 0 Å². The van der Waals surface area contributed by atoms with Crippen LogP contribution in [-0.4, -0.2) is 42.9 Å². The van der Waals surface area contributed by atoms with Gasteiger partial charge in [-0.15, -0.1) is 0 Å². The number of rotatable bonds is 3. The van der Waals surface area contributed by atoms with Crippen molar-refractivity contribution in [1.29, 1.82) is 0 Å². The molecule has 0 spiro atoms. The molecule has 0 aromatic carbocycles. The number of carbonyl (C=O) groups is 1. The van der Waals surface area contributed by atoms with Crippen molar-refractivity contribution in [3.05, 3.63) is 29.6 Å². The van der Waals surface area contributed by atoms with Crippen molar-refractivity contribution in [2.24, 2.45) is 10.7 Å². The zero-order valence-corrected chi connectivity index (χ0v) is 11.4. The van der Waals surface area contributed by atoms with E-state index in [0.29, 0.717) is 43.0 Å². The largest absolute Gasteiger partial charge is 0.400 e. The highest BCUT2D eigenvalue weighted by atomic mass is 19.1. The third-order valence-corrected chi connectivity index (χ3v) is 3.56. The molecule has 2 aliphatic rings. The number of nitrogens with zero attached hydrogens (tertiary/aromatic N) is 3. The molecule has 0 bridgehead atoms. The summed E-state index contributed by atoms with van der Waals surface area (Å²) in [5, 5.41) is 2.62. The first-order valence-electron chi connectivity index (χ1n) is 6.79. The Hall–Kier alpha value is -2.44. The second kappa shape index (κ2) is 5.51. The zero-order chi connectivity index (χ0) is 14.8. The molecule has 0 radical (unpaired) electrons. The highest BCUT2D eigenvalue weighted by molar-refractivity contribution is 6.15. The third-order valence-electron chi connectivity index (χ3n) is 3.56. The van der Waals surface area contributed by atoms with Gasteiger partial charge in [-0.2, -0.15) is 0 Å². The molecule has 0 saturated carbocycles. The van der Waals surface area contributed by atoms with Gasteiger partial charge in [0.05, 0.1) is 30.5 Å². The molecule has 1 fully saturated rings. The molecule has 21 heavy (non-hydrogen) atoms. The number of aromatic nitrogens is 1.